The van der Waals surface area contributed by atoms with Gasteiger partial charge in [0.1, 0.15) is 0 Å². The fraction of sp³-hybridized carbons (Fsp3) is 0.111. The van der Waals surface area contributed by atoms with Gasteiger partial charge in [-0.1, -0.05) is 18.2 Å². The lowest BCUT2D eigenvalue weighted by Crippen LogP contribution is -2.19. The Morgan fingerprint density at radius 2 is 1.60 bits per heavy atom. The molecule has 0 aliphatic carbocycles. The van der Waals surface area contributed by atoms with Crippen molar-refractivity contribution in [1.29, 1.82) is 0 Å². The summed E-state index contributed by atoms with van der Waals surface area (Å²) in [7, 11) is 0. The first-order valence-corrected chi connectivity index (χ1v) is 4.71. The SMILES string of the molecule is O=C(Cl)C(N=Nc1ccccc1)C(=O)Cl. The van der Waals surface area contributed by atoms with E-state index in [1.165, 1.54) is 0 Å². The molecule has 1 aromatic rings. The molecule has 0 atom stereocenters. The average Bonchev–Trinajstić information content (AvgIpc) is 2.18. The number of azo groups is 1. The van der Waals surface area contributed by atoms with Crippen molar-refractivity contribution >= 4 is 39.4 Å². The fourth-order valence-corrected chi connectivity index (χ4v) is 1.14. The third-order valence-corrected chi connectivity index (χ3v) is 1.89. The molecule has 0 bridgehead atoms. The van der Waals surface area contributed by atoms with Crippen molar-refractivity contribution < 1.29 is 9.59 Å². The molecule has 4 nitrogen and oxygen atoms in total. The minimum Gasteiger partial charge on any atom is -0.278 e. The lowest BCUT2D eigenvalue weighted by atomic mass is 10.3. The van der Waals surface area contributed by atoms with Crippen molar-refractivity contribution in [2.75, 3.05) is 0 Å². The van der Waals surface area contributed by atoms with Crippen molar-refractivity contribution in [3.8, 4) is 0 Å². The Balaban J connectivity index is 2.79. The molecular formula is C9H6Cl2N2O2. The number of nitrogens with zero attached hydrogens (tertiary/aromatic N) is 2. The minimum absolute atomic E-state index is 0.512. The van der Waals surface area contributed by atoms with E-state index < -0.39 is 16.5 Å². The highest BCUT2D eigenvalue weighted by Gasteiger charge is 2.22. The number of rotatable bonds is 4. The van der Waals surface area contributed by atoms with Crippen LogP contribution in [0.4, 0.5) is 5.69 Å². The largest absolute Gasteiger partial charge is 0.278 e. The van der Waals surface area contributed by atoms with Crippen LogP contribution in [0.25, 0.3) is 0 Å². The zero-order valence-corrected chi connectivity index (χ0v) is 8.94. The van der Waals surface area contributed by atoms with Gasteiger partial charge in [0.15, 0.2) is 0 Å². The summed E-state index contributed by atoms with van der Waals surface area (Å²) >= 11 is 10.2. The van der Waals surface area contributed by atoms with Gasteiger partial charge in [-0.3, -0.25) is 9.59 Å². The first kappa shape index (κ1) is 11.8. The summed E-state index contributed by atoms with van der Waals surface area (Å²) in [5, 5.41) is 5.22. The molecule has 1 rings (SSSR count). The standard InChI is InChI=1S/C9H6Cl2N2O2/c10-8(14)7(9(11)15)13-12-6-4-2-1-3-5-6/h1-5,7H. The van der Waals surface area contributed by atoms with Crippen molar-refractivity contribution in [1.82, 2.24) is 0 Å². The van der Waals surface area contributed by atoms with E-state index in [4.69, 9.17) is 23.2 Å². The maximum Gasteiger partial charge on any atom is 0.257 e. The Morgan fingerprint density at radius 1 is 1.07 bits per heavy atom. The van der Waals surface area contributed by atoms with Crippen LogP contribution in [0, 0.1) is 0 Å². The van der Waals surface area contributed by atoms with Gasteiger partial charge >= 0.3 is 0 Å². The molecule has 6 heteroatoms. The van der Waals surface area contributed by atoms with Gasteiger partial charge in [0, 0.05) is 0 Å². The lowest BCUT2D eigenvalue weighted by molar-refractivity contribution is -0.120. The van der Waals surface area contributed by atoms with Crippen molar-refractivity contribution in [3.63, 3.8) is 0 Å². The smallest absolute Gasteiger partial charge is 0.257 e. The summed E-state index contributed by atoms with van der Waals surface area (Å²) in [5.74, 6) is 0. The molecule has 0 amide bonds. The first-order valence-electron chi connectivity index (χ1n) is 3.96. The highest BCUT2D eigenvalue weighted by molar-refractivity contribution is 6.74. The van der Waals surface area contributed by atoms with Crippen LogP contribution in [0.2, 0.25) is 0 Å². The number of hydrogen-bond acceptors (Lipinski definition) is 4. The predicted molar refractivity (Wildman–Crippen MR) is 56.5 cm³/mol. The molecule has 0 aliphatic heterocycles. The maximum absolute atomic E-state index is 10.7. The Labute approximate surface area is 95.9 Å². The van der Waals surface area contributed by atoms with Crippen molar-refractivity contribution in [3.05, 3.63) is 30.3 Å². The van der Waals surface area contributed by atoms with Crippen molar-refractivity contribution in [2.45, 2.75) is 6.04 Å². The van der Waals surface area contributed by atoms with Crippen LogP contribution in [0.5, 0.6) is 0 Å². The third kappa shape index (κ3) is 3.77. The van der Waals surface area contributed by atoms with E-state index in [0.717, 1.165) is 0 Å². The molecule has 0 saturated carbocycles. The zero-order valence-electron chi connectivity index (χ0n) is 7.43. The molecule has 0 saturated heterocycles. The molecule has 0 aliphatic rings. The predicted octanol–water partition coefficient (Wildman–Crippen LogP) is 2.67. The number of hydrogen-bond donors (Lipinski definition) is 0. The van der Waals surface area contributed by atoms with Gasteiger partial charge in [-0.25, -0.2) is 0 Å². The first-order chi connectivity index (χ1) is 7.11. The number of halogens is 2. The summed E-state index contributed by atoms with van der Waals surface area (Å²) in [6, 6.07) is 7.18. The highest BCUT2D eigenvalue weighted by atomic mass is 35.5. The van der Waals surface area contributed by atoms with Crippen molar-refractivity contribution in [2.24, 2.45) is 10.2 Å². The van der Waals surface area contributed by atoms with Gasteiger partial charge in [-0.2, -0.15) is 10.2 Å². The summed E-state index contributed by atoms with van der Waals surface area (Å²) in [5.41, 5.74) is 0.512. The van der Waals surface area contributed by atoms with E-state index in [-0.39, 0.29) is 0 Å². The maximum atomic E-state index is 10.7. The molecule has 0 fully saturated rings. The van der Waals surface area contributed by atoms with Crippen LogP contribution in [0.3, 0.4) is 0 Å². The Bertz CT molecular complexity index is 378. The monoisotopic (exact) mass is 244 g/mol. The highest BCUT2D eigenvalue weighted by Crippen LogP contribution is 2.13. The molecule has 1 aromatic carbocycles. The molecule has 0 aromatic heterocycles. The molecule has 0 unspecified atom stereocenters. The Kier molecular flexibility index (Phi) is 4.39. The van der Waals surface area contributed by atoms with Crippen LogP contribution in [-0.2, 0) is 9.59 Å². The summed E-state index contributed by atoms with van der Waals surface area (Å²) in [6.45, 7) is 0. The van der Waals surface area contributed by atoms with E-state index >= 15 is 0 Å². The molecule has 15 heavy (non-hydrogen) atoms. The minimum atomic E-state index is -1.44. The van der Waals surface area contributed by atoms with E-state index in [1.54, 1.807) is 30.3 Å². The quantitative estimate of drug-likeness (QED) is 0.465. The van der Waals surface area contributed by atoms with Crippen LogP contribution in [-0.4, -0.2) is 16.5 Å². The van der Waals surface area contributed by atoms with E-state index in [2.05, 4.69) is 10.2 Å². The van der Waals surface area contributed by atoms with Gasteiger partial charge in [0.05, 0.1) is 5.69 Å². The lowest BCUT2D eigenvalue weighted by Gasteiger charge is -1.98. The van der Waals surface area contributed by atoms with Gasteiger partial charge in [-0.05, 0) is 35.3 Å². The average molecular weight is 245 g/mol. The summed E-state index contributed by atoms with van der Waals surface area (Å²) in [6.07, 6.45) is 0. The second-order valence-electron chi connectivity index (χ2n) is 2.56. The number of benzene rings is 1. The Morgan fingerprint density at radius 3 is 2.07 bits per heavy atom. The zero-order chi connectivity index (χ0) is 11.3. The van der Waals surface area contributed by atoms with Gasteiger partial charge < -0.3 is 0 Å². The topological polar surface area (TPSA) is 58.9 Å². The molecule has 0 heterocycles. The second kappa shape index (κ2) is 5.58. The van der Waals surface area contributed by atoms with E-state index in [0.29, 0.717) is 5.69 Å². The second-order valence-corrected chi connectivity index (χ2v) is 3.31. The van der Waals surface area contributed by atoms with Crippen LogP contribution >= 0.6 is 23.2 Å². The van der Waals surface area contributed by atoms with Gasteiger partial charge in [0.25, 0.3) is 10.5 Å². The third-order valence-electron chi connectivity index (χ3n) is 1.47. The summed E-state index contributed by atoms with van der Waals surface area (Å²) < 4.78 is 0. The molecule has 0 spiro atoms. The summed E-state index contributed by atoms with van der Waals surface area (Å²) in [4.78, 5) is 21.4. The van der Waals surface area contributed by atoms with Crippen LogP contribution in [0.15, 0.2) is 40.6 Å². The van der Waals surface area contributed by atoms with Crippen LogP contribution < -0.4 is 0 Å². The Hall–Kier alpha value is -1.26. The molecular weight excluding hydrogens is 239 g/mol. The number of carbonyl (C=O) groups excluding carboxylic acids is 2. The normalized spacial score (nSPS) is 10.9. The molecule has 78 valence electrons. The van der Waals surface area contributed by atoms with Crippen LogP contribution in [0.1, 0.15) is 0 Å². The molecule has 0 N–H and O–H groups in total. The van der Waals surface area contributed by atoms with Gasteiger partial charge in [-0.15, -0.1) is 0 Å². The number of carbonyl (C=O) groups is 2. The molecule has 0 radical (unpaired) electrons. The fourth-order valence-electron chi connectivity index (χ4n) is 0.799. The van der Waals surface area contributed by atoms with E-state index in [9.17, 15) is 9.59 Å². The van der Waals surface area contributed by atoms with Gasteiger partial charge in [0.2, 0.25) is 6.04 Å². The van der Waals surface area contributed by atoms with E-state index in [1.807, 2.05) is 0 Å².